The Morgan fingerprint density at radius 2 is 2.00 bits per heavy atom. The Morgan fingerprint density at radius 1 is 1.28 bits per heavy atom. The van der Waals surface area contributed by atoms with E-state index >= 15 is 0 Å². The molecule has 0 unspecified atom stereocenters. The number of nitrogens with zero attached hydrogens (tertiary/aromatic N) is 1. The van der Waals surface area contributed by atoms with Crippen molar-refractivity contribution in [2.24, 2.45) is 5.92 Å². The van der Waals surface area contributed by atoms with Gasteiger partial charge in [0.05, 0.1) is 5.02 Å². The van der Waals surface area contributed by atoms with E-state index in [1.807, 2.05) is 12.1 Å². The Hall–Kier alpha value is -0.730. The van der Waals surface area contributed by atoms with Crippen LogP contribution >= 0.6 is 11.6 Å². The van der Waals surface area contributed by atoms with E-state index in [9.17, 15) is 5.11 Å². The van der Waals surface area contributed by atoms with Gasteiger partial charge in [-0.3, -0.25) is 0 Å². The van der Waals surface area contributed by atoms with Crippen LogP contribution in [0.5, 0.6) is 5.75 Å². The number of aromatic hydroxyl groups is 1. The molecule has 1 fully saturated rings. The van der Waals surface area contributed by atoms with E-state index < -0.39 is 0 Å². The molecule has 0 radical (unpaired) electrons. The summed E-state index contributed by atoms with van der Waals surface area (Å²) in [5.74, 6) is 1.06. The fraction of sp³-hybridized carbons (Fsp3) is 0.600. The Morgan fingerprint density at radius 3 is 2.72 bits per heavy atom. The number of halogens is 1. The molecular formula is C15H22ClNO. The van der Waals surface area contributed by atoms with Gasteiger partial charge in [0.15, 0.2) is 0 Å². The van der Waals surface area contributed by atoms with Crippen molar-refractivity contribution in [1.29, 1.82) is 0 Å². The van der Waals surface area contributed by atoms with Crippen molar-refractivity contribution in [2.45, 2.75) is 38.6 Å². The van der Waals surface area contributed by atoms with Gasteiger partial charge in [-0.2, -0.15) is 0 Å². The SMILES string of the molecule is CN(Cc1cccc(Cl)c1O)CC1CCCCC1. The fourth-order valence-corrected chi connectivity index (χ4v) is 3.05. The lowest BCUT2D eigenvalue weighted by Crippen LogP contribution is -2.26. The molecular weight excluding hydrogens is 246 g/mol. The van der Waals surface area contributed by atoms with Crippen LogP contribution in [-0.4, -0.2) is 23.6 Å². The van der Waals surface area contributed by atoms with Crippen LogP contribution in [0.25, 0.3) is 0 Å². The number of phenolic OH excluding ortho intramolecular Hbond substituents is 1. The van der Waals surface area contributed by atoms with Gasteiger partial charge < -0.3 is 10.0 Å². The molecule has 0 bridgehead atoms. The van der Waals surface area contributed by atoms with E-state index in [4.69, 9.17) is 11.6 Å². The molecule has 0 heterocycles. The standard InChI is InChI=1S/C15H22ClNO/c1-17(10-12-6-3-2-4-7-12)11-13-8-5-9-14(16)15(13)18/h5,8-9,12,18H,2-4,6-7,10-11H2,1H3. The molecule has 2 rings (SSSR count). The molecule has 3 heteroatoms. The maximum absolute atomic E-state index is 9.89. The van der Waals surface area contributed by atoms with E-state index in [2.05, 4.69) is 11.9 Å². The lowest BCUT2D eigenvalue weighted by atomic mass is 9.89. The highest BCUT2D eigenvalue weighted by Crippen LogP contribution is 2.29. The van der Waals surface area contributed by atoms with Gasteiger partial charge in [-0.1, -0.05) is 43.0 Å². The van der Waals surface area contributed by atoms with Crippen molar-refractivity contribution >= 4 is 11.6 Å². The van der Waals surface area contributed by atoms with Crippen molar-refractivity contribution in [1.82, 2.24) is 4.90 Å². The Bertz CT molecular complexity index is 388. The quantitative estimate of drug-likeness (QED) is 0.889. The second kappa shape index (κ2) is 6.44. The highest BCUT2D eigenvalue weighted by atomic mass is 35.5. The molecule has 0 amide bonds. The van der Waals surface area contributed by atoms with Crippen LogP contribution < -0.4 is 0 Å². The number of para-hydroxylation sites is 1. The summed E-state index contributed by atoms with van der Waals surface area (Å²) in [6.07, 6.45) is 6.86. The van der Waals surface area contributed by atoms with Gasteiger partial charge in [-0.05, 0) is 31.9 Å². The maximum Gasteiger partial charge on any atom is 0.138 e. The molecule has 1 aliphatic carbocycles. The Balaban J connectivity index is 1.90. The number of hydrogen-bond acceptors (Lipinski definition) is 2. The van der Waals surface area contributed by atoms with Crippen LogP contribution in [-0.2, 0) is 6.54 Å². The van der Waals surface area contributed by atoms with Crippen LogP contribution in [0.2, 0.25) is 5.02 Å². The lowest BCUT2D eigenvalue weighted by Gasteiger charge is -2.27. The highest BCUT2D eigenvalue weighted by Gasteiger charge is 2.16. The van der Waals surface area contributed by atoms with Crippen LogP contribution in [0.3, 0.4) is 0 Å². The molecule has 0 spiro atoms. The van der Waals surface area contributed by atoms with Gasteiger partial charge in [-0.25, -0.2) is 0 Å². The second-order valence-corrected chi connectivity index (χ2v) is 5.86. The summed E-state index contributed by atoms with van der Waals surface area (Å²) >= 11 is 5.92. The third kappa shape index (κ3) is 3.63. The first-order valence-electron chi connectivity index (χ1n) is 6.81. The fourth-order valence-electron chi connectivity index (χ4n) is 2.85. The average molecular weight is 268 g/mol. The van der Waals surface area contributed by atoms with Crippen molar-refractivity contribution in [2.75, 3.05) is 13.6 Å². The molecule has 0 atom stereocenters. The predicted molar refractivity (Wildman–Crippen MR) is 76.0 cm³/mol. The van der Waals surface area contributed by atoms with Crippen molar-refractivity contribution in [3.63, 3.8) is 0 Å². The summed E-state index contributed by atoms with van der Waals surface area (Å²) in [7, 11) is 2.12. The summed E-state index contributed by atoms with van der Waals surface area (Å²) in [4.78, 5) is 2.29. The lowest BCUT2D eigenvalue weighted by molar-refractivity contribution is 0.226. The molecule has 0 aromatic heterocycles. The number of rotatable bonds is 4. The van der Waals surface area contributed by atoms with E-state index in [1.165, 1.54) is 32.1 Å². The monoisotopic (exact) mass is 267 g/mol. The van der Waals surface area contributed by atoms with E-state index in [-0.39, 0.29) is 5.75 Å². The van der Waals surface area contributed by atoms with Crippen LogP contribution in [0, 0.1) is 5.92 Å². The smallest absolute Gasteiger partial charge is 0.138 e. The molecule has 1 N–H and O–H groups in total. The topological polar surface area (TPSA) is 23.5 Å². The van der Waals surface area contributed by atoms with Crippen LogP contribution in [0.4, 0.5) is 0 Å². The molecule has 0 aliphatic heterocycles. The van der Waals surface area contributed by atoms with E-state index in [0.29, 0.717) is 5.02 Å². The van der Waals surface area contributed by atoms with Crippen molar-refractivity contribution in [3.05, 3.63) is 28.8 Å². The first-order chi connectivity index (χ1) is 8.66. The molecule has 1 aliphatic rings. The molecule has 1 aromatic carbocycles. The van der Waals surface area contributed by atoms with Gasteiger partial charge in [0.2, 0.25) is 0 Å². The molecule has 0 saturated heterocycles. The normalized spacial score (nSPS) is 17.3. The minimum absolute atomic E-state index is 0.231. The van der Waals surface area contributed by atoms with Crippen LogP contribution in [0.15, 0.2) is 18.2 Å². The molecule has 2 nitrogen and oxygen atoms in total. The minimum atomic E-state index is 0.231. The van der Waals surface area contributed by atoms with Gasteiger partial charge >= 0.3 is 0 Å². The average Bonchev–Trinajstić information content (AvgIpc) is 2.36. The summed E-state index contributed by atoms with van der Waals surface area (Å²) in [5, 5.41) is 10.3. The first kappa shape index (κ1) is 13.7. The number of benzene rings is 1. The largest absolute Gasteiger partial charge is 0.506 e. The number of phenols is 1. The van der Waals surface area contributed by atoms with Gasteiger partial charge in [0, 0.05) is 18.7 Å². The summed E-state index contributed by atoms with van der Waals surface area (Å²) in [6.45, 7) is 1.88. The predicted octanol–water partition coefficient (Wildman–Crippen LogP) is 4.06. The zero-order valence-electron chi connectivity index (χ0n) is 11.0. The van der Waals surface area contributed by atoms with Gasteiger partial charge in [-0.15, -0.1) is 0 Å². The first-order valence-corrected chi connectivity index (χ1v) is 7.19. The second-order valence-electron chi connectivity index (χ2n) is 5.45. The third-order valence-corrected chi connectivity index (χ3v) is 4.11. The zero-order valence-corrected chi connectivity index (χ0v) is 11.8. The zero-order chi connectivity index (χ0) is 13.0. The molecule has 18 heavy (non-hydrogen) atoms. The Kier molecular flexibility index (Phi) is 4.90. The summed E-state index contributed by atoms with van der Waals surface area (Å²) < 4.78 is 0. The summed E-state index contributed by atoms with van der Waals surface area (Å²) in [6, 6.07) is 5.56. The minimum Gasteiger partial charge on any atom is -0.506 e. The van der Waals surface area contributed by atoms with Crippen molar-refractivity contribution in [3.8, 4) is 5.75 Å². The van der Waals surface area contributed by atoms with E-state index in [1.54, 1.807) is 6.07 Å². The Labute approximate surface area is 115 Å². The molecule has 1 saturated carbocycles. The molecule has 100 valence electrons. The maximum atomic E-state index is 9.89. The van der Waals surface area contributed by atoms with Gasteiger partial charge in [0.25, 0.3) is 0 Å². The van der Waals surface area contributed by atoms with E-state index in [0.717, 1.165) is 24.6 Å². The summed E-state index contributed by atoms with van der Waals surface area (Å²) in [5.41, 5.74) is 0.917. The van der Waals surface area contributed by atoms with Crippen LogP contribution in [0.1, 0.15) is 37.7 Å². The van der Waals surface area contributed by atoms with Crippen molar-refractivity contribution < 1.29 is 5.11 Å². The van der Waals surface area contributed by atoms with Gasteiger partial charge in [0.1, 0.15) is 5.75 Å². The third-order valence-electron chi connectivity index (χ3n) is 3.81. The molecule has 1 aromatic rings. The number of hydrogen-bond donors (Lipinski definition) is 1. The highest BCUT2D eigenvalue weighted by molar-refractivity contribution is 6.32.